The molecule has 0 radical (unpaired) electrons. The fraction of sp³-hybridized carbons (Fsp3) is 0.273. The fourth-order valence-electron chi connectivity index (χ4n) is 1.21. The number of ether oxygens (including phenoxy) is 1. The van der Waals surface area contributed by atoms with E-state index in [0.29, 0.717) is 0 Å². The monoisotopic (exact) mass is 235 g/mol. The predicted molar refractivity (Wildman–Crippen MR) is 64.4 cm³/mol. The van der Waals surface area contributed by atoms with Crippen molar-refractivity contribution in [2.24, 2.45) is 5.84 Å². The van der Waals surface area contributed by atoms with Crippen LogP contribution in [0.3, 0.4) is 0 Å². The Bertz CT molecular complexity index is 477. The summed E-state index contributed by atoms with van der Waals surface area (Å²) < 4.78 is 5.41. The highest BCUT2D eigenvalue weighted by Gasteiger charge is 2.25. The molecule has 0 spiro atoms. The average Bonchev–Trinajstić information content (AvgIpc) is 2.27. The molecule has 0 fully saturated rings. The number of nitro benzene ring substituents is 1. The zero-order valence-electron chi connectivity index (χ0n) is 9.56. The number of hydrogen-bond donors (Lipinski definition) is 2. The predicted octanol–water partition coefficient (Wildman–Crippen LogP) is 1.67. The van der Waals surface area contributed by atoms with E-state index in [-0.39, 0.29) is 17.1 Å². The Labute approximate surface area is 98.9 Å². The first kappa shape index (κ1) is 12.8. The Morgan fingerprint density at radius 2 is 2.24 bits per heavy atom. The number of terminal acetylenes is 1. The number of nitrogen functional groups attached to an aromatic ring is 1. The number of nitro groups is 1. The molecule has 0 aliphatic heterocycles. The number of hydrogen-bond acceptors (Lipinski definition) is 5. The molecule has 0 unspecified atom stereocenters. The largest absolute Gasteiger partial charge is 0.468 e. The Balaban J connectivity index is 3.25. The first-order valence-electron chi connectivity index (χ1n) is 4.82. The third-order valence-electron chi connectivity index (χ3n) is 2.05. The summed E-state index contributed by atoms with van der Waals surface area (Å²) in [5.74, 6) is 7.68. The van der Waals surface area contributed by atoms with Crippen molar-refractivity contribution < 1.29 is 9.66 Å². The van der Waals surface area contributed by atoms with Gasteiger partial charge in [-0.1, -0.05) is 12.0 Å². The highest BCUT2D eigenvalue weighted by atomic mass is 16.6. The Kier molecular flexibility index (Phi) is 3.55. The lowest BCUT2D eigenvalue weighted by atomic mass is 10.1. The van der Waals surface area contributed by atoms with E-state index in [2.05, 4.69) is 11.3 Å². The van der Waals surface area contributed by atoms with Gasteiger partial charge >= 0.3 is 5.69 Å². The van der Waals surface area contributed by atoms with E-state index in [1.54, 1.807) is 19.9 Å². The summed E-state index contributed by atoms with van der Waals surface area (Å²) in [7, 11) is 0. The van der Waals surface area contributed by atoms with E-state index in [4.69, 9.17) is 17.0 Å². The van der Waals surface area contributed by atoms with Gasteiger partial charge in [0.15, 0.2) is 5.60 Å². The van der Waals surface area contributed by atoms with E-state index in [1.807, 2.05) is 0 Å². The topological polar surface area (TPSA) is 90.4 Å². The van der Waals surface area contributed by atoms with Gasteiger partial charge in [0.05, 0.1) is 4.92 Å². The molecule has 1 rings (SSSR count). The molecule has 0 saturated carbocycles. The average molecular weight is 235 g/mol. The third-order valence-corrected chi connectivity index (χ3v) is 2.05. The number of nitrogens with zero attached hydrogens (tertiary/aromatic N) is 1. The molecule has 0 aromatic heterocycles. The smallest absolute Gasteiger partial charge is 0.335 e. The van der Waals surface area contributed by atoms with E-state index in [1.165, 1.54) is 12.1 Å². The zero-order chi connectivity index (χ0) is 13.1. The van der Waals surface area contributed by atoms with Gasteiger partial charge in [0.2, 0.25) is 5.75 Å². The van der Waals surface area contributed by atoms with Crippen molar-refractivity contribution in [3.63, 3.8) is 0 Å². The molecule has 17 heavy (non-hydrogen) atoms. The van der Waals surface area contributed by atoms with E-state index < -0.39 is 10.5 Å². The highest BCUT2D eigenvalue weighted by molar-refractivity contribution is 5.68. The minimum absolute atomic E-state index is 0.0772. The first-order valence-corrected chi connectivity index (χ1v) is 4.82. The van der Waals surface area contributed by atoms with Crippen LogP contribution < -0.4 is 16.0 Å². The standard InChI is InChI=1S/C11H13N3O3/c1-4-11(2,3)17-9-7-5-6-8(13-12)10(9)14(15)16/h1,5-7,13H,12H2,2-3H3. The first-order chi connectivity index (χ1) is 7.91. The molecule has 0 bridgehead atoms. The van der Waals surface area contributed by atoms with Crippen molar-refractivity contribution in [2.75, 3.05) is 5.43 Å². The molecule has 0 aliphatic rings. The summed E-state index contributed by atoms with van der Waals surface area (Å²) in [6.07, 6.45) is 5.27. The lowest BCUT2D eigenvalue weighted by Crippen LogP contribution is -2.26. The van der Waals surface area contributed by atoms with Crippen molar-refractivity contribution in [2.45, 2.75) is 19.4 Å². The van der Waals surface area contributed by atoms with Gasteiger partial charge in [0.1, 0.15) is 5.69 Å². The van der Waals surface area contributed by atoms with Crippen LogP contribution in [-0.2, 0) is 0 Å². The van der Waals surface area contributed by atoms with E-state index >= 15 is 0 Å². The number of hydrazine groups is 1. The molecule has 1 aromatic rings. The highest BCUT2D eigenvalue weighted by Crippen LogP contribution is 2.35. The molecular formula is C11H13N3O3. The van der Waals surface area contributed by atoms with E-state index in [9.17, 15) is 10.1 Å². The second kappa shape index (κ2) is 4.72. The summed E-state index contributed by atoms with van der Waals surface area (Å²) in [5.41, 5.74) is 1.24. The Morgan fingerprint density at radius 1 is 1.59 bits per heavy atom. The van der Waals surface area contributed by atoms with Crippen LogP contribution in [0.1, 0.15) is 13.8 Å². The van der Waals surface area contributed by atoms with Crippen molar-refractivity contribution >= 4 is 11.4 Å². The molecule has 0 saturated heterocycles. The second-order valence-electron chi connectivity index (χ2n) is 3.81. The van der Waals surface area contributed by atoms with Crippen LogP contribution in [0, 0.1) is 22.5 Å². The van der Waals surface area contributed by atoms with Crippen LogP contribution in [0.2, 0.25) is 0 Å². The van der Waals surface area contributed by atoms with Gasteiger partial charge < -0.3 is 10.2 Å². The van der Waals surface area contributed by atoms with Crippen LogP contribution >= 0.6 is 0 Å². The number of nitrogens with one attached hydrogen (secondary N) is 1. The summed E-state index contributed by atoms with van der Waals surface area (Å²) in [6, 6.07) is 4.54. The van der Waals surface area contributed by atoms with Crippen molar-refractivity contribution in [3.8, 4) is 18.1 Å². The molecule has 6 heteroatoms. The summed E-state index contributed by atoms with van der Waals surface area (Å²) in [4.78, 5) is 10.4. The van der Waals surface area contributed by atoms with Gasteiger partial charge in [-0.2, -0.15) is 0 Å². The maximum Gasteiger partial charge on any atom is 0.335 e. The molecule has 0 heterocycles. The van der Waals surface area contributed by atoms with Crippen LogP contribution in [-0.4, -0.2) is 10.5 Å². The van der Waals surface area contributed by atoms with E-state index in [0.717, 1.165) is 0 Å². The molecule has 6 nitrogen and oxygen atoms in total. The quantitative estimate of drug-likeness (QED) is 0.358. The number of anilines is 1. The maximum absolute atomic E-state index is 11.0. The fourth-order valence-corrected chi connectivity index (χ4v) is 1.21. The second-order valence-corrected chi connectivity index (χ2v) is 3.81. The molecule has 1 aromatic carbocycles. The summed E-state index contributed by atoms with van der Waals surface area (Å²) >= 11 is 0. The van der Waals surface area contributed by atoms with Crippen LogP contribution in [0.15, 0.2) is 18.2 Å². The van der Waals surface area contributed by atoms with Crippen LogP contribution in [0.4, 0.5) is 11.4 Å². The molecule has 0 amide bonds. The maximum atomic E-state index is 11.0. The number of nitrogens with two attached hydrogens (primary N) is 1. The van der Waals surface area contributed by atoms with Gasteiger partial charge in [-0.3, -0.25) is 16.0 Å². The Morgan fingerprint density at radius 3 is 2.71 bits per heavy atom. The molecule has 3 N–H and O–H groups in total. The lowest BCUT2D eigenvalue weighted by molar-refractivity contribution is -0.385. The third kappa shape index (κ3) is 2.86. The number of benzene rings is 1. The van der Waals surface area contributed by atoms with Gasteiger partial charge in [-0.05, 0) is 26.0 Å². The van der Waals surface area contributed by atoms with Crippen LogP contribution in [0.25, 0.3) is 0 Å². The van der Waals surface area contributed by atoms with Crippen LogP contribution in [0.5, 0.6) is 5.75 Å². The minimum Gasteiger partial charge on any atom is -0.468 e. The van der Waals surface area contributed by atoms with Crippen molar-refractivity contribution in [1.82, 2.24) is 0 Å². The minimum atomic E-state index is -0.933. The zero-order valence-corrected chi connectivity index (χ0v) is 9.56. The van der Waals surface area contributed by atoms with Crippen molar-refractivity contribution in [1.29, 1.82) is 0 Å². The molecular weight excluding hydrogens is 222 g/mol. The normalized spacial score (nSPS) is 10.5. The molecule has 0 atom stereocenters. The van der Waals surface area contributed by atoms with Gasteiger partial charge in [0.25, 0.3) is 0 Å². The van der Waals surface area contributed by atoms with Gasteiger partial charge in [-0.25, -0.2) is 0 Å². The van der Waals surface area contributed by atoms with Crippen molar-refractivity contribution in [3.05, 3.63) is 28.3 Å². The number of para-hydroxylation sites is 1. The summed E-state index contributed by atoms with van der Waals surface area (Å²) in [6.45, 7) is 3.28. The Hall–Kier alpha value is -2.26. The lowest BCUT2D eigenvalue weighted by Gasteiger charge is -2.20. The SMILES string of the molecule is C#CC(C)(C)Oc1cccc(NN)c1[N+](=O)[O-]. The number of rotatable bonds is 4. The molecule has 0 aliphatic carbocycles. The molecule has 90 valence electrons. The van der Waals surface area contributed by atoms with Gasteiger partial charge in [0, 0.05) is 0 Å². The summed E-state index contributed by atoms with van der Waals surface area (Å²) in [5, 5.41) is 11.0. The van der Waals surface area contributed by atoms with Gasteiger partial charge in [-0.15, -0.1) is 6.42 Å².